The molecule has 0 heterocycles. The summed E-state index contributed by atoms with van der Waals surface area (Å²) in [5.41, 5.74) is 5.64. The third-order valence-electron chi connectivity index (χ3n) is 1.86. The fourth-order valence-corrected chi connectivity index (χ4v) is 1.34. The van der Waals surface area contributed by atoms with Crippen LogP contribution in [0.25, 0.3) is 0 Å². The van der Waals surface area contributed by atoms with Crippen LogP contribution in [0.3, 0.4) is 0 Å². The summed E-state index contributed by atoms with van der Waals surface area (Å²) in [6.07, 6.45) is 0. The average Bonchev–Trinajstić information content (AvgIpc) is 2.03. The van der Waals surface area contributed by atoms with Crippen molar-refractivity contribution >= 4 is 17.5 Å². The predicted molar refractivity (Wildman–Crippen MR) is 49.0 cm³/mol. The van der Waals surface area contributed by atoms with Gasteiger partial charge in [0.15, 0.2) is 0 Å². The molecule has 0 aliphatic carbocycles. The van der Waals surface area contributed by atoms with Crippen LogP contribution in [0.15, 0.2) is 18.2 Å². The van der Waals surface area contributed by atoms with Crippen LogP contribution in [0.2, 0.25) is 5.02 Å². The fraction of sp³-hybridized carbons (Fsp3) is 0.222. The Morgan fingerprint density at radius 3 is 2.69 bits per heavy atom. The highest BCUT2D eigenvalue weighted by Gasteiger charge is 2.14. The number of primary amides is 1. The van der Waals surface area contributed by atoms with Crippen LogP contribution in [0, 0.1) is 5.82 Å². The smallest absolute Gasteiger partial charge is 0.224 e. The van der Waals surface area contributed by atoms with Crippen molar-refractivity contribution < 1.29 is 9.18 Å². The van der Waals surface area contributed by atoms with E-state index in [9.17, 15) is 9.18 Å². The average molecular weight is 202 g/mol. The maximum absolute atomic E-state index is 12.6. The molecule has 1 rings (SSSR count). The molecular weight excluding hydrogens is 193 g/mol. The Bertz CT molecular complexity index is 340. The second kappa shape index (κ2) is 3.75. The predicted octanol–water partition coefficient (Wildman–Crippen LogP) is 2.07. The zero-order valence-electron chi connectivity index (χ0n) is 7.05. The second-order valence-electron chi connectivity index (χ2n) is 2.79. The number of carbonyl (C=O) groups is 1. The van der Waals surface area contributed by atoms with E-state index in [1.165, 1.54) is 12.1 Å². The Morgan fingerprint density at radius 1 is 1.62 bits per heavy atom. The van der Waals surface area contributed by atoms with E-state index in [0.717, 1.165) is 6.07 Å². The van der Waals surface area contributed by atoms with Gasteiger partial charge >= 0.3 is 0 Å². The molecule has 0 saturated carbocycles. The molecule has 0 fully saturated rings. The maximum Gasteiger partial charge on any atom is 0.224 e. The van der Waals surface area contributed by atoms with Crippen molar-refractivity contribution in [3.8, 4) is 0 Å². The molecule has 0 saturated heterocycles. The van der Waals surface area contributed by atoms with E-state index in [1.807, 2.05) is 0 Å². The molecule has 2 N–H and O–H groups in total. The summed E-state index contributed by atoms with van der Waals surface area (Å²) in [6.45, 7) is 1.63. The molecule has 2 nitrogen and oxygen atoms in total. The van der Waals surface area contributed by atoms with Gasteiger partial charge in [-0.05, 0) is 24.6 Å². The van der Waals surface area contributed by atoms with Crippen molar-refractivity contribution in [1.29, 1.82) is 0 Å². The van der Waals surface area contributed by atoms with Crippen molar-refractivity contribution in [2.75, 3.05) is 0 Å². The van der Waals surface area contributed by atoms with Crippen LogP contribution in [0.5, 0.6) is 0 Å². The van der Waals surface area contributed by atoms with E-state index in [4.69, 9.17) is 17.3 Å². The number of halogens is 2. The van der Waals surface area contributed by atoms with Gasteiger partial charge in [0, 0.05) is 5.02 Å². The lowest BCUT2D eigenvalue weighted by Gasteiger charge is -2.09. The minimum absolute atomic E-state index is 0.228. The lowest BCUT2D eigenvalue weighted by atomic mass is 10.0. The minimum atomic E-state index is -0.493. The molecule has 70 valence electrons. The SMILES string of the molecule is CC(C(N)=O)c1ccc(F)cc1Cl. The number of rotatable bonds is 2. The van der Waals surface area contributed by atoms with Gasteiger partial charge < -0.3 is 5.73 Å². The summed E-state index contributed by atoms with van der Waals surface area (Å²) in [5.74, 6) is -1.40. The summed E-state index contributed by atoms with van der Waals surface area (Å²) in [7, 11) is 0. The van der Waals surface area contributed by atoms with Crippen LogP contribution < -0.4 is 5.73 Å². The van der Waals surface area contributed by atoms with Gasteiger partial charge in [0.05, 0.1) is 5.92 Å². The zero-order chi connectivity index (χ0) is 10.0. The third-order valence-corrected chi connectivity index (χ3v) is 2.18. The minimum Gasteiger partial charge on any atom is -0.369 e. The van der Waals surface area contributed by atoms with Crippen molar-refractivity contribution in [3.63, 3.8) is 0 Å². The normalized spacial score (nSPS) is 12.5. The van der Waals surface area contributed by atoms with Gasteiger partial charge in [-0.15, -0.1) is 0 Å². The first-order chi connectivity index (χ1) is 6.02. The van der Waals surface area contributed by atoms with E-state index in [2.05, 4.69) is 0 Å². The van der Waals surface area contributed by atoms with E-state index >= 15 is 0 Å². The molecule has 0 spiro atoms. The number of amides is 1. The van der Waals surface area contributed by atoms with Gasteiger partial charge in [-0.3, -0.25) is 4.79 Å². The molecule has 0 aromatic heterocycles. The van der Waals surface area contributed by atoms with E-state index in [-0.39, 0.29) is 5.02 Å². The van der Waals surface area contributed by atoms with Gasteiger partial charge in [0.2, 0.25) is 5.91 Å². The Morgan fingerprint density at radius 2 is 2.23 bits per heavy atom. The lowest BCUT2D eigenvalue weighted by Crippen LogP contribution is -2.19. The van der Waals surface area contributed by atoms with Crippen molar-refractivity contribution in [1.82, 2.24) is 0 Å². The topological polar surface area (TPSA) is 43.1 Å². The standard InChI is InChI=1S/C9H9ClFNO/c1-5(9(12)13)7-3-2-6(11)4-8(7)10/h2-5H,1H3,(H2,12,13). The molecular formula is C9H9ClFNO. The number of benzene rings is 1. The zero-order valence-corrected chi connectivity index (χ0v) is 7.81. The van der Waals surface area contributed by atoms with Gasteiger partial charge in [-0.25, -0.2) is 4.39 Å². The highest BCUT2D eigenvalue weighted by atomic mass is 35.5. The molecule has 1 unspecified atom stereocenters. The molecule has 0 aliphatic heterocycles. The van der Waals surface area contributed by atoms with E-state index in [0.29, 0.717) is 5.56 Å². The number of nitrogens with two attached hydrogens (primary N) is 1. The highest BCUT2D eigenvalue weighted by Crippen LogP contribution is 2.24. The van der Waals surface area contributed by atoms with E-state index < -0.39 is 17.6 Å². The van der Waals surface area contributed by atoms with Crippen LogP contribution in [0.4, 0.5) is 4.39 Å². The summed E-state index contributed by atoms with van der Waals surface area (Å²) in [5, 5.41) is 0.228. The molecule has 1 atom stereocenters. The Balaban J connectivity index is 3.08. The van der Waals surface area contributed by atoms with Crippen LogP contribution in [-0.2, 0) is 4.79 Å². The van der Waals surface area contributed by atoms with E-state index in [1.54, 1.807) is 6.92 Å². The first-order valence-corrected chi connectivity index (χ1v) is 4.14. The Labute approximate surface area is 80.5 Å². The summed E-state index contributed by atoms with van der Waals surface area (Å²) in [6, 6.07) is 3.88. The largest absolute Gasteiger partial charge is 0.369 e. The quantitative estimate of drug-likeness (QED) is 0.782. The van der Waals surface area contributed by atoms with Crippen LogP contribution in [-0.4, -0.2) is 5.91 Å². The summed E-state index contributed by atoms with van der Waals surface area (Å²) >= 11 is 5.72. The molecule has 1 amide bonds. The van der Waals surface area contributed by atoms with Gasteiger partial charge in [0.25, 0.3) is 0 Å². The Hall–Kier alpha value is -1.09. The summed E-state index contributed by atoms with van der Waals surface area (Å²) < 4.78 is 12.6. The monoisotopic (exact) mass is 201 g/mol. The molecule has 0 bridgehead atoms. The third kappa shape index (κ3) is 2.18. The molecule has 0 aliphatic rings. The highest BCUT2D eigenvalue weighted by molar-refractivity contribution is 6.31. The fourth-order valence-electron chi connectivity index (χ4n) is 1.01. The van der Waals surface area contributed by atoms with Crippen LogP contribution in [0.1, 0.15) is 18.4 Å². The Kier molecular flexibility index (Phi) is 2.88. The first kappa shape index (κ1) is 9.99. The molecule has 1 aromatic carbocycles. The van der Waals surface area contributed by atoms with Gasteiger partial charge in [-0.2, -0.15) is 0 Å². The van der Waals surface area contributed by atoms with Gasteiger partial charge in [0.1, 0.15) is 5.82 Å². The number of hydrogen-bond donors (Lipinski definition) is 1. The molecule has 4 heteroatoms. The second-order valence-corrected chi connectivity index (χ2v) is 3.20. The molecule has 13 heavy (non-hydrogen) atoms. The number of hydrogen-bond acceptors (Lipinski definition) is 1. The molecule has 1 aromatic rings. The van der Waals surface area contributed by atoms with Crippen molar-refractivity contribution in [2.45, 2.75) is 12.8 Å². The molecule has 0 radical (unpaired) electrons. The lowest BCUT2D eigenvalue weighted by molar-refractivity contribution is -0.119. The van der Waals surface area contributed by atoms with Crippen molar-refractivity contribution in [2.24, 2.45) is 5.73 Å². The van der Waals surface area contributed by atoms with Crippen LogP contribution >= 0.6 is 11.6 Å². The van der Waals surface area contributed by atoms with Crippen molar-refractivity contribution in [3.05, 3.63) is 34.6 Å². The number of carbonyl (C=O) groups excluding carboxylic acids is 1. The summed E-state index contributed by atoms with van der Waals surface area (Å²) in [4.78, 5) is 10.8. The first-order valence-electron chi connectivity index (χ1n) is 3.76. The van der Waals surface area contributed by atoms with Gasteiger partial charge in [-0.1, -0.05) is 17.7 Å². The maximum atomic E-state index is 12.6.